The molecule has 3 nitrogen and oxygen atoms in total. The van der Waals surface area contributed by atoms with E-state index in [0.717, 1.165) is 17.2 Å². The molecule has 0 radical (unpaired) electrons. The van der Waals surface area contributed by atoms with Crippen LogP contribution in [-0.4, -0.2) is 8.24 Å². The fourth-order valence-corrected chi connectivity index (χ4v) is 9.69. The average molecular weight is 717 g/mol. The molecule has 0 bridgehead atoms. The normalized spacial score (nSPS) is 14.7. The first-order valence-electron chi connectivity index (χ1n) is 19.4. The minimum Gasteiger partial charge on any atom is -0.456 e. The molecule has 52 heavy (non-hydrogen) atoms. The number of benzene rings is 4. The second-order valence-corrected chi connectivity index (χ2v) is 25.0. The number of ether oxygens (including phenoxy) is 1. The number of anilines is 2. The Morgan fingerprint density at radius 1 is 0.538 bits per heavy atom. The lowest BCUT2D eigenvalue weighted by atomic mass is 9.71. The van der Waals surface area contributed by atoms with Crippen LogP contribution in [0.1, 0.15) is 147 Å². The van der Waals surface area contributed by atoms with Crippen LogP contribution < -0.4 is 20.2 Å². The van der Waals surface area contributed by atoms with E-state index in [0.29, 0.717) is 6.54 Å². The Bertz CT molecular complexity index is 1990. The quantitative estimate of drug-likeness (QED) is 0.195. The first-order chi connectivity index (χ1) is 23.6. The molecule has 1 aliphatic heterocycles. The summed E-state index contributed by atoms with van der Waals surface area (Å²) in [5.41, 5.74) is 13.9. The lowest BCUT2D eigenvalue weighted by molar-refractivity contribution is 0.413. The molecule has 1 heterocycles. The van der Waals surface area contributed by atoms with Gasteiger partial charge in [-0.15, -0.1) is 0 Å². The zero-order chi connectivity index (χ0) is 39.0. The van der Waals surface area contributed by atoms with E-state index < -0.39 is 8.24 Å². The smallest absolute Gasteiger partial charge is 0.183 e. The van der Waals surface area contributed by atoms with Crippen molar-refractivity contribution in [2.24, 2.45) is 0 Å². The van der Waals surface area contributed by atoms with E-state index in [1.807, 2.05) is 0 Å². The zero-order valence-electron chi connectivity index (χ0n) is 35.9. The molecule has 0 saturated carbocycles. The van der Waals surface area contributed by atoms with Crippen LogP contribution in [0.4, 0.5) is 11.4 Å². The van der Waals surface area contributed by atoms with E-state index in [1.165, 1.54) is 60.9 Å². The molecular weight excluding hydrogens is 649 g/mol. The van der Waals surface area contributed by atoms with E-state index >= 15 is 0 Å². The third-order valence-corrected chi connectivity index (χ3v) is 13.7. The predicted octanol–water partition coefficient (Wildman–Crippen LogP) is 13.1. The summed E-state index contributed by atoms with van der Waals surface area (Å²) >= 11 is 0. The highest BCUT2D eigenvalue weighted by atomic mass is 28.3. The van der Waals surface area contributed by atoms with Crippen molar-refractivity contribution < 1.29 is 4.74 Å². The third kappa shape index (κ3) is 8.18. The average Bonchev–Trinajstić information content (AvgIpc) is 2.97. The van der Waals surface area contributed by atoms with Crippen molar-refractivity contribution in [3.8, 4) is 11.5 Å². The lowest BCUT2D eigenvalue weighted by Gasteiger charge is -2.41. The van der Waals surface area contributed by atoms with Gasteiger partial charge in [-0.05, 0) is 112 Å². The molecule has 4 aromatic rings. The van der Waals surface area contributed by atoms with Gasteiger partial charge in [-0.3, -0.25) is 0 Å². The Kier molecular flexibility index (Phi) is 10.0. The summed E-state index contributed by atoms with van der Waals surface area (Å²) in [4.78, 5) is 4.13. The lowest BCUT2D eigenvalue weighted by Crippen LogP contribution is -2.51. The highest BCUT2D eigenvalue weighted by molar-refractivity contribution is 6.93. The molecule has 0 atom stereocenters. The largest absolute Gasteiger partial charge is 0.456 e. The summed E-state index contributed by atoms with van der Waals surface area (Å²) in [6.07, 6.45) is 0. The molecule has 0 amide bonds. The molecule has 0 spiro atoms. The molecule has 0 saturated heterocycles. The summed E-state index contributed by atoms with van der Waals surface area (Å²) in [5.74, 6) is 2.04. The Morgan fingerprint density at radius 3 is 1.46 bits per heavy atom. The Labute approximate surface area is 318 Å². The standard InChI is InChI=1S/C48H68N2OSi/c1-30-19-33(44(3,4)5)24-37(21-30)49-29-32-23-35(46(9,10)11)26-39-42(32)51-43-40(48(39,15)16)27-36(47(12,13)14)28-41(43)52(17,18)50-38-22-31(2)20-34(25-38)45(6,7)8/h19-28,49-50H,29H2,1-18H3. The summed E-state index contributed by atoms with van der Waals surface area (Å²) in [6, 6.07) is 23.6. The van der Waals surface area contributed by atoms with Crippen molar-refractivity contribution in [1.29, 1.82) is 0 Å². The van der Waals surface area contributed by atoms with Crippen LogP contribution >= 0.6 is 0 Å². The molecular formula is C48H68N2OSi. The fourth-order valence-electron chi connectivity index (χ4n) is 7.42. The molecule has 5 rings (SSSR count). The van der Waals surface area contributed by atoms with Gasteiger partial charge in [0.25, 0.3) is 0 Å². The van der Waals surface area contributed by atoms with Crippen LogP contribution in [0.5, 0.6) is 11.5 Å². The van der Waals surface area contributed by atoms with Crippen LogP contribution in [0.25, 0.3) is 0 Å². The summed E-state index contributed by atoms with van der Waals surface area (Å²) in [7, 11) is -2.35. The minimum absolute atomic E-state index is 0.0140. The second kappa shape index (κ2) is 13.1. The Balaban J connectivity index is 1.69. The summed E-state index contributed by atoms with van der Waals surface area (Å²) in [5, 5.41) is 5.16. The molecule has 1 aliphatic rings. The Hall–Kier alpha value is -3.50. The molecule has 0 aromatic heterocycles. The van der Waals surface area contributed by atoms with Gasteiger partial charge >= 0.3 is 0 Å². The summed E-state index contributed by atoms with van der Waals surface area (Å²) in [6.45, 7) is 42.5. The minimum atomic E-state index is -2.35. The van der Waals surface area contributed by atoms with Gasteiger partial charge in [-0.1, -0.05) is 127 Å². The van der Waals surface area contributed by atoms with Gasteiger partial charge in [0.2, 0.25) is 0 Å². The van der Waals surface area contributed by atoms with Gasteiger partial charge in [-0.25, -0.2) is 0 Å². The number of aryl methyl sites for hydroxylation is 2. The number of rotatable bonds is 6. The Morgan fingerprint density at radius 2 is 0.962 bits per heavy atom. The van der Waals surface area contributed by atoms with Crippen LogP contribution in [-0.2, 0) is 33.6 Å². The first-order valence-corrected chi connectivity index (χ1v) is 22.4. The predicted molar refractivity (Wildman–Crippen MR) is 230 cm³/mol. The van der Waals surface area contributed by atoms with Crippen LogP contribution in [0.3, 0.4) is 0 Å². The SMILES string of the molecule is Cc1cc(NCc2cc(C(C)(C)C)cc3c2Oc2c(cc(C(C)(C)C)cc2[Si](C)(C)Nc2cc(C)cc(C(C)(C)C)c2)C3(C)C)cc(C(C)(C)C)c1. The first kappa shape index (κ1) is 39.7. The van der Waals surface area contributed by atoms with Gasteiger partial charge in [0.15, 0.2) is 8.24 Å². The number of fused-ring (bicyclic) bond motifs is 2. The maximum Gasteiger partial charge on any atom is 0.183 e. The number of hydrogen-bond donors (Lipinski definition) is 2. The molecule has 4 heteroatoms. The van der Waals surface area contributed by atoms with Crippen molar-refractivity contribution in [2.45, 2.75) is 157 Å². The highest BCUT2D eigenvalue weighted by Crippen LogP contribution is 2.51. The van der Waals surface area contributed by atoms with Crippen molar-refractivity contribution in [2.75, 3.05) is 10.3 Å². The van der Waals surface area contributed by atoms with Crippen LogP contribution in [0.2, 0.25) is 13.1 Å². The van der Waals surface area contributed by atoms with Gasteiger partial charge in [0.05, 0.1) is 0 Å². The van der Waals surface area contributed by atoms with Gasteiger partial charge < -0.3 is 15.0 Å². The molecule has 0 unspecified atom stereocenters. The maximum absolute atomic E-state index is 7.38. The van der Waals surface area contributed by atoms with Crippen molar-refractivity contribution in [3.63, 3.8) is 0 Å². The highest BCUT2D eigenvalue weighted by Gasteiger charge is 2.42. The number of hydrogen-bond acceptors (Lipinski definition) is 3. The monoisotopic (exact) mass is 717 g/mol. The fraction of sp³-hybridized carbons (Fsp3) is 0.500. The van der Waals surface area contributed by atoms with E-state index in [4.69, 9.17) is 4.74 Å². The molecule has 4 aromatic carbocycles. The van der Waals surface area contributed by atoms with Crippen molar-refractivity contribution in [1.82, 2.24) is 0 Å². The topological polar surface area (TPSA) is 33.3 Å². The maximum atomic E-state index is 7.38. The van der Waals surface area contributed by atoms with Gasteiger partial charge in [0.1, 0.15) is 11.5 Å². The molecule has 0 aliphatic carbocycles. The second-order valence-electron chi connectivity index (χ2n) is 20.9. The van der Waals surface area contributed by atoms with E-state index in [1.54, 1.807) is 0 Å². The van der Waals surface area contributed by atoms with Crippen LogP contribution in [0, 0.1) is 13.8 Å². The van der Waals surface area contributed by atoms with E-state index in [9.17, 15) is 0 Å². The molecule has 280 valence electrons. The third-order valence-electron chi connectivity index (χ3n) is 11.0. The van der Waals surface area contributed by atoms with Crippen LogP contribution in [0.15, 0.2) is 60.7 Å². The summed E-state index contributed by atoms with van der Waals surface area (Å²) < 4.78 is 7.38. The van der Waals surface area contributed by atoms with E-state index in [2.05, 4.69) is 195 Å². The van der Waals surface area contributed by atoms with Gasteiger partial charge in [0, 0.05) is 45.2 Å². The van der Waals surface area contributed by atoms with E-state index in [-0.39, 0.29) is 27.1 Å². The molecule has 2 N–H and O–H groups in total. The van der Waals surface area contributed by atoms with Crippen molar-refractivity contribution in [3.05, 3.63) is 111 Å². The van der Waals surface area contributed by atoms with Gasteiger partial charge in [-0.2, -0.15) is 0 Å². The zero-order valence-corrected chi connectivity index (χ0v) is 36.9. The number of nitrogens with one attached hydrogen (secondary N) is 2. The molecule has 0 fully saturated rings. The van der Waals surface area contributed by atoms with Crippen molar-refractivity contribution >= 4 is 24.8 Å².